The fraction of sp³-hybridized carbons (Fsp3) is 0.667. The van der Waals surface area contributed by atoms with Gasteiger partial charge in [-0.05, 0) is 50.8 Å². The SMILES string of the molecule is CCOc1cc2c(cc1C1CC1CNC(C)C)OC(C)C2. The third-order valence-electron chi connectivity index (χ3n) is 4.44. The second kappa shape index (κ2) is 5.88. The quantitative estimate of drug-likeness (QED) is 0.869. The molecule has 0 amide bonds. The van der Waals surface area contributed by atoms with Crippen LogP contribution < -0.4 is 14.8 Å². The summed E-state index contributed by atoms with van der Waals surface area (Å²) in [5.41, 5.74) is 2.65. The van der Waals surface area contributed by atoms with Crippen molar-refractivity contribution in [3.8, 4) is 11.5 Å². The van der Waals surface area contributed by atoms with Gasteiger partial charge < -0.3 is 14.8 Å². The van der Waals surface area contributed by atoms with Crippen molar-refractivity contribution in [3.05, 3.63) is 23.3 Å². The number of rotatable bonds is 6. The first kappa shape index (κ1) is 14.7. The lowest BCUT2D eigenvalue weighted by Crippen LogP contribution is -2.25. The third kappa shape index (κ3) is 3.18. The van der Waals surface area contributed by atoms with E-state index in [2.05, 4.69) is 45.1 Å². The number of ether oxygens (including phenoxy) is 2. The van der Waals surface area contributed by atoms with Gasteiger partial charge in [0, 0.05) is 23.6 Å². The summed E-state index contributed by atoms with van der Waals surface area (Å²) in [5, 5.41) is 3.55. The lowest BCUT2D eigenvalue weighted by atomic mass is 10.0. The van der Waals surface area contributed by atoms with Crippen LogP contribution in [0.4, 0.5) is 0 Å². The molecule has 1 aromatic rings. The zero-order valence-electron chi connectivity index (χ0n) is 13.6. The molecule has 0 radical (unpaired) electrons. The standard InChI is InChI=1S/C18H27NO2/c1-5-20-18-8-13-6-12(4)21-17(13)9-16(18)15-7-14(15)10-19-11(2)3/h8-9,11-12,14-15,19H,5-7,10H2,1-4H3. The van der Waals surface area contributed by atoms with Gasteiger partial charge in [-0.2, -0.15) is 0 Å². The zero-order valence-corrected chi connectivity index (χ0v) is 13.6. The van der Waals surface area contributed by atoms with E-state index in [9.17, 15) is 0 Å². The minimum absolute atomic E-state index is 0.294. The van der Waals surface area contributed by atoms with Crippen molar-refractivity contribution in [2.24, 2.45) is 5.92 Å². The van der Waals surface area contributed by atoms with Crippen LogP contribution in [0.2, 0.25) is 0 Å². The predicted octanol–water partition coefficient (Wildman–Crippen LogP) is 3.51. The van der Waals surface area contributed by atoms with Gasteiger partial charge in [0.25, 0.3) is 0 Å². The molecule has 0 bridgehead atoms. The highest BCUT2D eigenvalue weighted by Crippen LogP contribution is 2.52. The van der Waals surface area contributed by atoms with Gasteiger partial charge in [0.2, 0.25) is 0 Å². The molecule has 116 valence electrons. The largest absolute Gasteiger partial charge is 0.494 e. The summed E-state index contributed by atoms with van der Waals surface area (Å²) in [7, 11) is 0. The highest BCUT2D eigenvalue weighted by molar-refractivity contribution is 5.51. The van der Waals surface area contributed by atoms with Gasteiger partial charge >= 0.3 is 0 Å². The fourth-order valence-electron chi connectivity index (χ4n) is 3.27. The fourth-order valence-corrected chi connectivity index (χ4v) is 3.27. The van der Waals surface area contributed by atoms with E-state index in [1.807, 2.05) is 0 Å². The summed E-state index contributed by atoms with van der Waals surface area (Å²) in [4.78, 5) is 0. The van der Waals surface area contributed by atoms with Crippen molar-refractivity contribution < 1.29 is 9.47 Å². The van der Waals surface area contributed by atoms with Crippen molar-refractivity contribution in [3.63, 3.8) is 0 Å². The Hall–Kier alpha value is -1.22. The molecule has 21 heavy (non-hydrogen) atoms. The molecule has 1 N–H and O–H groups in total. The van der Waals surface area contributed by atoms with Gasteiger partial charge in [0.05, 0.1) is 6.61 Å². The number of hydrogen-bond donors (Lipinski definition) is 1. The molecule has 1 fully saturated rings. The normalized spacial score (nSPS) is 26.6. The minimum atomic E-state index is 0.294. The molecule has 0 spiro atoms. The summed E-state index contributed by atoms with van der Waals surface area (Å²) >= 11 is 0. The van der Waals surface area contributed by atoms with Crippen LogP contribution in [0.5, 0.6) is 11.5 Å². The summed E-state index contributed by atoms with van der Waals surface area (Å²) in [6.45, 7) is 10.4. The lowest BCUT2D eigenvalue weighted by molar-refractivity contribution is 0.254. The molecule has 2 aliphatic rings. The molecule has 0 saturated heterocycles. The summed E-state index contributed by atoms with van der Waals surface area (Å²) in [6, 6.07) is 5.01. The summed E-state index contributed by atoms with van der Waals surface area (Å²) in [6.07, 6.45) is 2.55. The van der Waals surface area contributed by atoms with Gasteiger partial charge in [0.15, 0.2) is 0 Å². The molecule has 3 nitrogen and oxygen atoms in total. The number of benzene rings is 1. The molecule has 1 saturated carbocycles. The van der Waals surface area contributed by atoms with Crippen molar-refractivity contribution in [1.82, 2.24) is 5.32 Å². The third-order valence-corrected chi connectivity index (χ3v) is 4.44. The molecule has 1 aromatic carbocycles. The Morgan fingerprint density at radius 3 is 2.90 bits per heavy atom. The average Bonchev–Trinajstić information content (AvgIpc) is 3.10. The van der Waals surface area contributed by atoms with Crippen LogP contribution >= 0.6 is 0 Å². The van der Waals surface area contributed by atoms with E-state index in [1.54, 1.807) is 0 Å². The van der Waals surface area contributed by atoms with Gasteiger partial charge in [-0.25, -0.2) is 0 Å². The Kier molecular flexibility index (Phi) is 4.12. The monoisotopic (exact) mass is 289 g/mol. The van der Waals surface area contributed by atoms with Crippen LogP contribution in [0.15, 0.2) is 12.1 Å². The first-order valence-corrected chi connectivity index (χ1v) is 8.28. The second-order valence-corrected chi connectivity index (χ2v) is 6.73. The van der Waals surface area contributed by atoms with Crippen molar-refractivity contribution in [1.29, 1.82) is 0 Å². The topological polar surface area (TPSA) is 30.5 Å². The molecule has 1 heterocycles. The zero-order chi connectivity index (χ0) is 15.0. The highest BCUT2D eigenvalue weighted by Gasteiger charge is 2.40. The van der Waals surface area contributed by atoms with Gasteiger partial charge in [-0.1, -0.05) is 13.8 Å². The maximum absolute atomic E-state index is 5.92. The van der Waals surface area contributed by atoms with Crippen molar-refractivity contribution >= 4 is 0 Å². The van der Waals surface area contributed by atoms with E-state index in [-0.39, 0.29) is 0 Å². The van der Waals surface area contributed by atoms with Crippen molar-refractivity contribution in [2.45, 2.75) is 58.6 Å². The van der Waals surface area contributed by atoms with Crippen LogP contribution in [0.1, 0.15) is 51.2 Å². The van der Waals surface area contributed by atoms with Crippen LogP contribution in [0, 0.1) is 5.92 Å². The number of hydrogen-bond acceptors (Lipinski definition) is 3. The Morgan fingerprint density at radius 2 is 2.19 bits per heavy atom. The highest BCUT2D eigenvalue weighted by atomic mass is 16.5. The summed E-state index contributed by atoms with van der Waals surface area (Å²) in [5.74, 6) is 3.51. The Balaban J connectivity index is 1.77. The minimum Gasteiger partial charge on any atom is -0.494 e. The van der Waals surface area contributed by atoms with Crippen LogP contribution in [0.25, 0.3) is 0 Å². The molecule has 1 aliphatic heterocycles. The summed E-state index contributed by atoms with van der Waals surface area (Å²) < 4.78 is 11.8. The van der Waals surface area contributed by atoms with Gasteiger partial charge in [0.1, 0.15) is 17.6 Å². The number of fused-ring (bicyclic) bond motifs is 1. The Morgan fingerprint density at radius 1 is 1.38 bits per heavy atom. The maximum atomic E-state index is 5.92. The van der Waals surface area contributed by atoms with Crippen LogP contribution in [-0.2, 0) is 6.42 Å². The van der Waals surface area contributed by atoms with E-state index in [4.69, 9.17) is 9.47 Å². The first-order chi connectivity index (χ1) is 10.1. The Bertz CT molecular complexity index is 512. The van der Waals surface area contributed by atoms with E-state index < -0.39 is 0 Å². The van der Waals surface area contributed by atoms with Crippen LogP contribution in [-0.4, -0.2) is 25.3 Å². The molecule has 3 rings (SSSR count). The molecule has 0 aromatic heterocycles. The van der Waals surface area contributed by atoms with E-state index in [0.29, 0.717) is 18.1 Å². The van der Waals surface area contributed by atoms with Gasteiger partial charge in [-0.15, -0.1) is 0 Å². The second-order valence-electron chi connectivity index (χ2n) is 6.73. The number of nitrogens with one attached hydrogen (secondary N) is 1. The van der Waals surface area contributed by atoms with Crippen LogP contribution in [0.3, 0.4) is 0 Å². The molecule has 3 heteroatoms. The molecular weight excluding hydrogens is 262 g/mol. The van der Waals surface area contributed by atoms with Crippen molar-refractivity contribution in [2.75, 3.05) is 13.2 Å². The molecule has 3 atom stereocenters. The Labute approximate surface area is 128 Å². The smallest absolute Gasteiger partial charge is 0.123 e. The van der Waals surface area contributed by atoms with E-state index in [1.165, 1.54) is 17.5 Å². The van der Waals surface area contributed by atoms with E-state index in [0.717, 1.165) is 37.0 Å². The lowest BCUT2D eigenvalue weighted by Gasteiger charge is -2.13. The average molecular weight is 289 g/mol. The predicted molar refractivity (Wildman–Crippen MR) is 85.4 cm³/mol. The maximum Gasteiger partial charge on any atom is 0.123 e. The molecule has 3 unspecified atom stereocenters. The molecule has 1 aliphatic carbocycles. The molecular formula is C18H27NO2. The van der Waals surface area contributed by atoms with Gasteiger partial charge in [-0.3, -0.25) is 0 Å². The first-order valence-electron chi connectivity index (χ1n) is 8.28. The van der Waals surface area contributed by atoms with E-state index >= 15 is 0 Å².